The number of likely N-dealkylation sites (N-methyl/N-ethyl adjacent to an activating group) is 1. The van der Waals surface area contributed by atoms with Crippen LogP contribution in [0.4, 0.5) is 5.69 Å². The zero-order valence-corrected chi connectivity index (χ0v) is 12.3. The third-order valence-electron chi connectivity index (χ3n) is 3.69. The molecular formula is C15H26N2O. The number of ether oxygens (including phenoxy) is 1. The molecule has 0 spiro atoms. The van der Waals surface area contributed by atoms with Gasteiger partial charge in [-0.2, -0.15) is 0 Å². The van der Waals surface area contributed by atoms with E-state index in [4.69, 9.17) is 10.5 Å². The third kappa shape index (κ3) is 3.47. The van der Waals surface area contributed by atoms with Crippen LogP contribution in [0.25, 0.3) is 0 Å². The molecule has 0 fully saturated rings. The molecule has 0 amide bonds. The van der Waals surface area contributed by atoms with Crippen molar-refractivity contribution in [1.82, 2.24) is 0 Å². The second-order valence-corrected chi connectivity index (χ2v) is 5.35. The average molecular weight is 250 g/mol. The van der Waals surface area contributed by atoms with E-state index in [1.807, 2.05) is 0 Å². The normalized spacial score (nSPS) is 14.3. The quantitative estimate of drug-likeness (QED) is 0.843. The fourth-order valence-electron chi connectivity index (χ4n) is 2.18. The fraction of sp³-hybridized carbons (Fsp3) is 0.600. The van der Waals surface area contributed by atoms with Gasteiger partial charge in [0.25, 0.3) is 0 Å². The third-order valence-corrected chi connectivity index (χ3v) is 3.69. The molecule has 0 heterocycles. The molecule has 0 bridgehead atoms. The van der Waals surface area contributed by atoms with Crippen LogP contribution in [0, 0.1) is 13.8 Å². The largest absolute Gasteiger partial charge is 0.385 e. The van der Waals surface area contributed by atoms with E-state index < -0.39 is 0 Å². The molecule has 1 unspecified atom stereocenters. The number of hydrogen-bond acceptors (Lipinski definition) is 3. The highest BCUT2D eigenvalue weighted by molar-refractivity contribution is 5.52. The Labute approximate surface area is 111 Å². The van der Waals surface area contributed by atoms with Crippen molar-refractivity contribution < 1.29 is 4.74 Å². The number of aryl methyl sites for hydroxylation is 2. The van der Waals surface area contributed by atoms with Crippen molar-refractivity contribution in [3.05, 3.63) is 29.3 Å². The molecule has 3 heteroatoms. The molecule has 102 valence electrons. The van der Waals surface area contributed by atoms with Crippen molar-refractivity contribution in [2.24, 2.45) is 5.73 Å². The number of rotatable bonds is 6. The van der Waals surface area contributed by atoms with Crippen LogP contribution in [-0.2, 0) is 4.74 Å². The maximum Gasteiger partial charge on any atom is 0.0514 e. The number of benzene rings is 1. The second kappa shape index (κ2) is 6.21. The van der Waals surface area contributed by atoms with E-state index in [0.29, 0.717) is 6.54 Å². The molecule has 0 aliphatic heterocycles. The van der Waals surface area contributed by atoms with Gasteiger partial charge >= 0.3 is 0 Å². The molecule has 0 aliphatic carbocycles. The van der Waals surface area contributed by atoms with Gasteiger partial charge in [-0.3, -0.25) is 0 Å². The Hall–Kier alpha value is -1.06. The summed E-state index contributed by atoms with van der Waals surface area (Å²) in [5.41, 5.74) is 9.67. The van der Waals surface area contributed by atoms with Gasteiger partial charge in [0, 0.05) is 33.0 Å². The fourth-order valence-corrected chi connectivity index (χ4v) is 2.18. The van der Waals surface area contributed by atoms with Crippen LogP contribution in [0.1, 0.15) is 24.5 Å². The van der Waals surface area contributed by atoms with Gasteiger partial charge in [0.2, 0.25) is 0 Å². The first kappa shape index (κ1) is 15.0. The van der Waals surface area contributed by atoms with Crippen LogP contribution in [0.2, 0.25) is 0 Å². The van der Waals surface area contributed by atoms with Gasteiger partial charge in [0.05, 0.1) is 5.54 Å². The zero-order chi connectivity index (χ0) is 13.8. The predicted octanol–water partition coefficient (Wildman–Crippen LogP) is 2.49. The lowest BCUT2D eigenvalue weighted by molar-refractivity contribution is 0.172. The first-order valence-corrected chi connectivity index (χ1v) is 6.44. The molecule has 18 heavy (non-hydrogen) atoms. The first-order chi connectivity index (χ1) is 8.42. The minimum Gasteiger partial charge on any atom is -0.385 e. The minimum atomic E-state index is -0.0732. The summed E-state index contributed by atoms with van der Waals surface area (Å²) in [6.07, 6.45) is 0.920. The highest BCUT2D eigenvalue weighted by atomic mass is 16.5. The van der Waals surface area contributed by atoms with E-state index in [1.54, 1.807) is 7.11 Å². The Morgan fingerprint density at radius 1 is 1.22 bits per heavy atom. The number of methoxy groups -OCH3 is 1. The topological polar surface area (TPSA) is 38.5 Å². The maximum absolute atomic E-state index is 5.96. The molecule has 3 nitrogen and oxygen atoms in total. The van der Waals surface area contributed by atoms with Crippen LogP contribution in [-0.4, -0.2) is 32.8 Å². The van der Waals surface area contributed by atoms with Crippen molar-refractivity contribution in [2.75, 3.05) is 32.2 Å². The lowest BCUT2D eigenvalue weighted by atomic mass is 9.95. The van der Waals surface area contributed by atoms with Gasteiger partial charge in [-0.15, -0.1) is 0 Å². The Morgan fingerprint density at radius 3 is 2.22 bits per heavy atom. The van der Waals surface area contributed by atoms with E-state index in [9.17, 15) is 0 Å². The zero-order valence-electron chi connectivity index (χ0n) is 12.3. The van der Waals surface area contributed by atoms with Crippen molar-refractivity contribution >= 4 is 5.69 Å². The summed E-state index contributed by atoms with van der Waals surface area (Å²) in [4.78, 5) is 2.27. The van der Waals surface area contributed by atoms with Gasteiger partial charge in [-0.1, -0.05) is 6.07 Å². The molecule has 0 aliphatic rings. The van der Waals surface area contributed by atoms with E-state index in [2.05, 4.69) is 50.9 Å². The number of hydrogen-bond donors (Lipinski definition) is 1. The SMILES string of the molecule is COCCC(C)(CN)N(C)c1cc(C)cc(C)c1. The van der Waals surface area contributed by atoms with Crippen molar-refractivity contribution in [2.45, 2.75) is 32.7 Å². The van der Waals surface area contributed by atoms with Gasteiger partial charge in [-0.25, -0.2) is 0 Å². The highest BCUT2D eigenvalue weighted by Gasteiger charge is 2.27. The van der Waals surface area contributed by atoms with Crippen LogP contribution >= 0.6 is 0 Å². The molecule has 0 saturated heterocycles. The van der Waals surface area contributed by atoms with Crippen molar-refractivity contribution in [3.8, 4) is 0 Å². The lowest BCUT2D eigenvalue weighted by Crippen LogP contribution is -2.50. The van der Waals surface area contributed by atoms with Gasteiger partial charge in [0.1, 0.15) is 0 Å². The van der Waals surface area contributed by atoms with Crippen LogP contribution < -0.4 is 10.6 Å². The smallest absolute Gasteiger partial charge is 0.0514 e. The van der Waals surface area contributed by atoms with E-state index >= 15 is 0 Å². The van der Waals surface area contributed by atoms with E-state index in [0.717, 1.165) is 13.0 Å². The lowest BCUT2D eigenvalue weighted by Gasteiger charge is -2.40. The highest BCUT2D eigenvalue weighted by Crippen LogP contribution is 2.26. The van der Waals surface area contributed by atoms with Crippen LogP contribution in [0.3, 0.4) is 0 Å². The second-order valence-electron chi connectivity index (χ2n) is 5.35. The molecule has 0 radical (unpaired) electrons. The summed E-state index contributed by atoms with van der Waals surface area (Å²) in [5.74, 6) is 0. The van der Waals surface area contributed by atoms with Crippen LogP contribution in [0.15, 0.2) is 18.2 Å². The monoisotopic (exact) mass is 250 g/mol. The number of nitrogens with zero attached hydrogens (tertiary/aromatic N) is 1. The summed E-state index contributed by atoms with van der Waals surface area (Å²) < 4.78 is 5.19. The summed E-state index contributed by atoms with van der Waals surface area (Å²) in [6, 6.07) is 6.59. The van der Waals surface area contributed by atoms with Crippen LogP contribution in [0.5, 0.6) is 0 Å². The first-order valence-electron chi connectivity index (χ1n) is 6.44. The maximum atomic E-state index is 5.96. The molecular weight excluding hydrogens is 224 g/mol. The molecule has 0 saturated carbocycles. The Balaban J connectivity index is 2.98. The Kier molecular flexibility index (Phi) is 5.17. The summed E-state index contributed by atoms with van der Waals surface area (Å²) >= 11 is 0. The molecule has 1 rings (SSSR count). The molecule has 0 aromatic heterocycles. The number of nitrogens with two attached hydrogens (primary N) is 1. The summed E-state index contributed by atoms with van der Waals surface area (Å²) in [7, 11) is 3.84. The average Bonchev–Trinajstić information content (AvgIpc) is 2.33. The predicted molar refractivity (Wildman–Crippen MR) is 78.3 cm³/mol. The molecule has 1 atom stereocenters. The van der Waals surface area contributed by atoms with E-state index in [-0.39, 0.29) is 5.54 Å². The van der Waals surface area contributed by atoms with Gasteiger partial charge in [-0.05, 0) is 50.5 Å². The van der Waals surface area contributed by atoms with Gasteiger partial charge < -0.3 is 15.4 Å². The number of anilines is 1. The summed E-state index contributed by atoms with van der Waals surface area (Å²) in [6.45, 7) is 7.77. The summed E-state index contributed by atoms with van der Waals surface area (Å²) in [5, 5.41) is 0. The van der Waals surface area contributed by atoms with Crippen molar-refractivity contribution in [1.29, 1.82) is 0 Å². The molecule has 1 aromatic rings. The minimum absolute atomic E-state index is 0.0732. The Bertz CT molecular complexity index is 372. The molecule has 2 N–H and O–H groups in total. The van der Waals surface area contributed by atoms with Crippen molar-refractivity contribution in [3.63, 3.8) is 0 Å². The standard InChI is InChI=1S/C15H26N2O/c1-12-8-13(2)10-14(9-12)17(4)15(3,11-16)6-7-18-5/h8-10H,6-7,11,16H2,1-5H3. The Morgan fingerprint density at radius 2 is 1.78 bits per heavy atom. The molecule has 1 aromatic carbocycles. The van der Waals surface area contributed by atoms with Gasteiger partial charge in [0.15, 0.2) is 0 Å². The van der Waals surface area contributed by atoms with E-state index in [1.165, 1.54) is 16.8 Å².